The van der Waals surface area contributed by atoms with Crippen molar-refractivity contribution in [3.63, 3.8) is 0 Å². The molecule has 4 heterocycles. The Morgan fingerprint density at radius 3 is 2.87 bits per heavy atom. The van der Waals surface area contributed by atoms with E-state index in [2.05, 4.69) is 20.3 Å². The summed E-state index contributed by atoms with van der Waals surface area (Å²) in [5, 5.41) is 7.68. The molecule has 1 fully saturated rings. The summed E-state index contributed by atoms with van der Waals surface area (Å²) in [5.74, 6) is 0.424. The van der Waals surface area contributed by atoms with Gasteiger partial charge in [0.05, 0.1) is 31.0 Å². The fraction of sp³-hybridized carbons (Fsp3) is 0.571. The number of alkyl halides is 3. The highest BCUT2D eigenvalue weighted by Gasteiger charge is 2.30. The van der Waals surface area contributed by atoms with Crippen LogP contribution in [0, 0.1) is 0 Å². The van der Waals surface area contributed by atoms with Gasteiger partial charge in [0.2, 0.25) is 0 Å². The first-order valence-corrected chi connectivity index (χ1v) is 10.6. The molecular weight excluding hydrogens is 411 g/mol. The molecule has 1 unspecified atom stereocenters. The van der Waals surface area contributed by atoms with Crippen LogP contribution in [0.5, 0.6) is 0 Å². The Balaban J connectivity index is 1.35. The molecule has 1 N–H and O–H groups in total. The van der Waals surface area contributed by atoms with Crippen molar-refractivity contribution in [3.05, 3.63) is 51.6 Å². The van der Waals surface area contributed by atoms with Crippen molar-refractivity contribution >= 4 is 5.82 Å². The molecule has 7 nitrogen and oxygen atoms in total. The number of nitrogens with zero attached hydrogens (tertiary/aromatic N) is 4. The van der Waals surface area contributed by atoms with Crippen LogP contribution in [0.1, 0.15) is 36.1 Å². The lowest BCUT2D eigenvalue weighted by Crippen LogP contribution is -2.45. The summed E-state index contributed by atoms with van der Waals surface area (Å²) < 4.78 is 45.0. The highest BCUT2D eigenvalue weighted by Crippen LogP contribution is 2.29. The van der Waals surface area contributed by atoms with E-state index in [4.69, 9.17) is 4.74 Å². The van der Waals surface area contributed by atoms with Crippen molar-refractivity contribution in [2.75, 3.05) is 31.6 Å². The van der Waals surface area contributed by atoms with Crippen molar-refractivity contribution in [1.82, 2.24) is 19.7 Å². The van der Waals surface area contributed by atoms with Gasteiger partial charge in [-0.2, -0.15) is 18.3 Å². The third-order valence-corrected chi connectivity index (χ3v) is 5.86. The number of ether oxygens (including phenoxy) is 1. The van der Waals surface area contributed by atoms with Crippen molar-refractivity contribution in [2.24, 2.45) is 0 Å². The molecule has 0 radical (unpaired) electrons. The lowest BCUT2D eigenvalue weighted by molar-refractivity contribution is -0.137. The number of pyridine rings is 1. The second kappa shape index (κ2) is 9.35. The van der Waals surface area contributed by atoms with Gasteiger partial charge in [-0.15, -0.1) is 0 Å². The molecule has 0 aromatic carbocycles. The van der Waals surface area contributed by atoms with E-state index >= 15 is 0 Å². The third kappa shape index (κ3) is 5.43. The fourth-order valence-electron chi connectivity index (χ4n) is 4.11. The van der Waals surface area contributed by atoms with Gasteiger partial charge in [0.25, 0.3) is 5.56 Å². The zero-order valence-corrected chi connectivity index (χ0v) is 17.2. The lowest BCUT2D eigenvalue weighted by Gasteiger charge is -2.36. The van der Waals surface area contributed by atoms with Crippen LogP contribution in [0.3, 0.4) is 0 Å². The molecule has 2 aliphatic heterocycles. The molecule has 10 heteroatoms. The van der Waals surface area contributed by atoms with Crippen LogP contribution in [0.25, 0.3) is 0 Å². The standard InChI is InChI=1S/C21H26F3N5O2/c22-21(23,24)16-4-5-19(25-12-16)26-13-17-3-1-2-7-28(17)8-9-29-20(30)11-15-14-31-10-6-18(15)27-29/h4-5,11-12,17H,1-3,6-10,13-14H2,(H,25,26). The zero-order chi connectivity index (χ0) is 21.8. The quantitative estimate of drug-likeness (QED) is 0.749. The minimum absolute atomic E-state index is 0.120. The van der Waals surface area contributed by atoms with Crippen LogP contribution in [-0.2, 0) is 30.5 Å². The fourth-order valence-corrected chi connectivity index (χ4v) is 4.11. The smallest absolute Gasteiger partial charge is 0.376 e. The Labute approximate surface area is 178 Å². The van der Waals surface area contributed by atoms with Crippen LogP contribution in [0.2, 0.25) is 0 Å². The van der Waals surface area contributed by atoms with Gasteiger partial charge in [-0.3, -0.25) is 9.69 Å². The summed E-state index contributed by atoms with van der Waals surface area (Å²) in [7, 11) is 0. The van der Waals surface area contributed by atoms with E-state index in [0.29, 0.717) is 45.1 Å². The maximum absolute atomic E-state index is 12.7. The van der Waals surface area contributed by atoms with E-state index in [0.717, 1.165) is 49.3 Å². The average Bonchev–Trinajstić information content (AvgIpc) is 2.76. The summed E-state index contributed by atoms with van der Waals surface area (Å²) in [6.07, 6.45) is 0.338. The Bertz CT molecular complexity index is 946. The van der Waals surface area contributed by atoms with Gasteiger partial charge in [-0.1, -0.05) is 6.42 Å². The Hall–Kier alpha value is -2.46. The lowest BCUT2D eigenvalue weighted by atomic mass is 10.0. The maximum atomic E-state index is 12.7. The molecule has 0 spiro atoms. The molecular formula is C21H26F3N5O2. The molecule has 0 bridgehead atoms. The average molecular weight is 437 g/mol. The largest absolute Gasteiger partial charge is 0.417 e. The van der Waals surface area contributed by atoms with Gasteiger partial charge in [0.15, 0.2) is 0 Å². The number of piperidine rings is 1. The number of likely N-dealkylation sites (tertiary alicyclic amines) is 1. The normalized spacial score (nSPS) is 19.8. The number of fused-ring (bicyclic) bond motifs is 1. The van der Waals surface area contributed by atoms with Crippen molar-refractivity contribution in [3.8, 4) is 0 Å². The number of hydrogen-bond donors (Lipinski definition) is 1. The minimum Gasteiger partial charge on any atom is -0.376 e. The molecule has 0 aliphatic carbocycles. The summed E-state index contributed by atoms with van der Waals surface area (Å²) >= 11 is 0. The summed E-state index contributed by atoms with van der Waals surface area (Å²) in [4.78, 5) is 18.6. The second-order valence-electron chi connectivity index (χ2n) is 7.98. The van der Waals surface area contributed by atoms with Crippen LogP contribution in [0.15, 0.2) is 29.2 Å². The molecule has 168 valence electrons. The molecule has 0 amide bonds. The van der Waals surface area contributed by atoms with E-state index in [1.54, 1.807) is 6.07 Å². The Morgan fingerprint density at radius 2 is 2.10 bits per heavy atom. The van der Waals surface area contributed by atoms with E-state index < -0.39 is 11.7 Å². The Morgan fingerprint density at radius 1 is 1.23 bits per heavy atom. The molecule has 1 atom stereocenters. The van der Waals surface area contributed by atoms with Gasteiger partial charge in [0, 0.05) is 43.4 Å². The molecule has 4 rings (SSSR count). The SMILES string of the molecule is O=c1cc2c(nn1CCN1CCCCC1CNc1ccc(C(F)(F)F)cn1)CCOC2. The highest BCUT2D eigenvalue weighted by atomic mass is 19.4. The van der Waals surface area contributed by atoms with Crippen LogP contribution in [0.4, 0.5) is 19.0 Å². The van der Waals surface area contributed by atoms with Crippen LogP contribution >= 0.6 is 0 Å². The number of rotatable bonds is 6. The molecule has 0 saturated carbocycles. The summed E-state index contributed by atoms with van der Waals surface area (Å²) in [5.41, 5.74) is 0.921. The van der Waals surface area contributed by atoms with Gasteiger partial charge in [-0.05, 0) is 31.5 Å². The van der Waals surface area contributed by atoms with Crippen LogP contribution in [-0.4, -0.2) is 51.9 Å². The van der Waals surface area contributed by atoms with Gasteiger partial charge in [-0.25, -0.2) is 9.67 Å². The number of anilines is 1. The first-order valence-electron chi connectivity index (χ1n) is 10.6. The molecule has 2 aromatic heterocycles. The second-order valence-corrected chi connectivity index (χ2v) is 7.98. The van der Waals surface area contributed by atoms with E-state index in [1.807, 2.05) is 0 Å². The summed E-state index contributed by atoms with van der Waals surface area (Å²) in [6.45, 7) is 3.76. The number of hydrogen-bond acceptors (Lipinski definition) is 6. The van der Waals surface area contributed by atoms with Crippen molar-refractivity contribution in [2.45, 2.75) is 51.1 Å². The molecule has 31 heavy (non-hydrogen) atoms. The van der Waals surface area contributed by atoms with Gasteiger partial charge >= 0.3 is 6.18 Å². The minimum atomic E-state index is -4.39. The predicted octanol–water partition coefficient (Wildman–Crippen LogP) is 2.70. The van der Waals surface area contributed by atoms with Crippen molar-refractivity contribution < 1.29 is 17.9 Å². The van der Waals surface area contributed by atoms with E-state index in [9.17, 15) is 18.0 Å². The predicted molar refractivity (Wildman–Crippen MR) is 109 cm³/mol. The molecule has 1 saturated heterocycles. The number of nitrogens with one attached hydrogen (secondary N) is 1. The van der Waals surface area contributed by atoms with Gasteiger partial charge in [0.1, 0.15) is 5.82 Å². The van der Waals surface area contributed by atoms with Crippen molar-refractivity contribution in [1.29, 1.82) is 0 Å². The maximum Gasteiger partial charge on any atom is 0.417 e. The third-order valence-electron chi connectivity index (χ3n) is 5.86. The summed E-state index contributed by atoms with van der Waals surface area (Å²) in [6, 6.07) is 4.23. The number of halogens is 3. The molecule has 2 aliphatic rings. The van der Waals surface area contributed by atoms with E-state index in [1.165, 1.54) is 10.7 Å². The van der Waals surface area contributed by atoms with Crippen LogP contribution < -0.4 is 10.9 Å². The number of aromatic nitrogens is 3. The van der Waals surface area contributed by atoms with E-state index in [-0.39, 0.29) is 11.6 Å². The first-order chi connectivity index (χ1) is 14.9. The molecule has 2 aromatic rings. The zero-order valence-electron chi connectivity index (χ0n) is 17.2. The topological polar surface area (TPSA) is 72.3 Å². The Kier molecular flexibility index (Phi) is 6.57. The highest BCUT2D eigenvalue weighted by molar-refractivity contribution is 5.36. The van der Waals surface area contributed by atoms with Gasteiger partial charge < -0.3 is 10.1 Å². The first kappa shape index (κ1) is 21.8. The monoisotopic (exact) mass is 437 g/mol.